The molecule has 0 aliphatic carbocycles. The molecule has 0 aromatic heterocycles. The molecule has 0 aliphatic heterocycles. The van der Waals surface area contributed by atoms with Crippen LogP contribution >= 0.6 is 0 Å². The Labute approximate surface area is 200 Å². The van der Waals surface area contributed by atoms with Crippen LogP contribution in [0.3, 0.4) is 0 Å². The van der Waals surface area contributed by atoms with Gasteiger partial charge in [0.15, 0.2) is 0 Å². The van der Waals surface area contributed by atoms with Gasteiger partial charge in [-0.15, -0.1) is 0 Å². The third kappa shape index (κ3) is 15.6. The summed E-state index contributed by atoms with van der Waals surface area (Å²) in [5.41, 5.74) is 0. The van der Waals surface area contributed by atoms with E-state index in [4.69, 9.17) is 25.9 Å². The van der Waals surface area contributed by atoms with Crippen LogP contribution in [-0.4, -0.2) is 69.0 Å². The van der Waals surface area contributed by atoms with Gasteiger partial charge in [-0.1, -0.05) is 13.3 Å². The lowest BCUT2D eigenvalue weighted by Crippen LogP contribution is -2.64. The highest BCUT2D eigenvalue weighted by Gasteiger charge is 2.55. The van der Waals surface area contributed by atoms with E-state index in [2.05, 4.69) is 6.92 Å². The summed E-state index contributed by atoms with van der Waals surface area (Å²) >= 11 is 0. The van der Waals surface area contributed by atoms with Crippen molar-refractivity contribution in [1.82, 2.24) is 0 Å². The maximum absolute atomic E-state index is 10.4. The molecule has 32 heavy (non-hydrogen) atoms. The molecule has 0 saturated carbocycles. The maximum atomic E-state index is 10.4. The van der Waals surface area contributed by atoms with Crippen molar-refractivity contribution in [3.05, 3.63) is 0 Å². The van der Waals surface area contributed by atoms with Crippen molar-refractivity contribution in [3.63, 3.8) is 0 Å². The number of rotatable bonds is 15. The Hall–Kier alpha value is 0.724. The molecule has 0 spiro atoms. The van der Waals surface area contributed by atoms with Gasteiger partial charge in [0, 0.05) is 6.04 Å². The monoisotopic (exact) mass is 548 g/mol. The summed E-state index contributed by atoms with van der Waals surface area (Å²) in [5.74, 6) is -2.41. The third-order valence-electron chi connectivity index (χ3n) is 3.53. The fraction of sp³-hybridized carbons (Fsp3) is 1.00. The molecular formula is C18H48O9Si5. The molecular weight excluding hydrogens is 501 g/mol. The molecule has 0 aromatic carbocycles. The second-order valence-corrected chi connectivity index (χ2v) is 26.7. The fourth-order valence-electron chi connectivity index (χ4n) is 3.60. The molecule has 0 bridgehead atoms. The second kappa shape index (κ2) is 11.2. The van der Waals surface area contributed by atoms with E-state index < -0.39 is 54.6 Å². The number of unbranched alkanes of at least 4 members (excludes halogenated alkanes) is 1. The average molecular weight is 549 g/mol. The minimum atomic E-state index is -3.60. The maximum Gasteiger partial charge on any atom is 0.496 e. The van der Waals surface area contributed by atoms with Gasteiger partial charge in [-0.25, -0.2) is 0 Å². The zero-order chi connectivity index (χ0) is 25.9. The highest BCUT2D eigenvalue weighted by Crippen LogP contribution is 2.35. The normalized spacial score (nSPS) is 15.4. The Bertz CT molecular complexity index is 507. The first-order valence-electron chi connectivity index (χ1n) is 11.2. The Morgan fingerprint density at radius 2 is 0.969 bits per heavy atom. The van der Waals surface area contributed by atoms with Gasteiger partial charge >= 0.3 is 43.0 Å². The van der Waals surface area contributed by atoms with Crippen molar-refractivity contribution in [2.75, 3.05) is 0 Å². The summed E-state index contributed by atoms with van der Waals surface area (Å²) in [4.78, 5) is 31.1. The van der Waals surface area contributed by atoms with Crippen molar-refractivity contribution >= 4 is 43.0 Å². The van der Waals surface area contributed by atoms with Gasteiger partial charge in [0.25, 0.3) is 0 Å². The van der Waals surface area contributed by atoms with Gasteiger partial charge in [-0.3, -0.25) is 0 Å². The summed E-state index contributed by atoms with van der Waals surface area (Å²) in [6.45, 7) is 22.6. The van der Waals surface area contributed by atoms with Gasteiger partial charge in [0.2, 0.25) is 0 Å². The first kappa shape index (κ1) is 32.7. The molecule has 0 atom stereocenters. The third-order valence-corrected chi connectivity index (χ3v) is 15.3. The van der Waals surface area contributed by atoms with E-state index in [9.17, 15) is 14.4 Å². The molecule has 3 N–H and O–H groups in total. The molecule has 0 unspecified atom stereocenters. The van der Waals surface area contributed by atoms with Gasteiger partial charge < -0.3 is 40.3 Å². The molecule has 194 valence electrons. The van der Waals surface area contributed by atoms with E-state index in [0.717, 1.165) is 12.8 Å². The van der Waals surface area contributed by atoms with Crippen molar-refractivity contribution in [2.24, 2.45) is 0 Å². The SMILES string of the molecule is CCCC[Si](OC(C)(C)O[Si](C)(C)O)(OC(C)(C)O[Si](C)(C)O)O[Si](C)(C)O[Si](C)(C)O. The van der Waals surface area contributed by atoms with Crippen LogP contribution < -0.4 is 0 Å². The van der Waals surface area contributed by atoms with E-state index >= 15 is 0 Å². The lowest BCUT2D eigenvalue weighted by molar-refractivity contribution is -0.181. The summed E-state index contributed by atoms with van der Waals surface area (Å²) in [6.07, 6.45) is 1.62. The molecule has 0 saturated heterocycles. The summed E-state index contributed by atoms with van der Waals surface area (Å²) in [5, 5.41) is 0. The molecule has 0 fully saturated rings. The zero-order valence-corrected chi connectivity index (χ0v) is 27.4. The van der Waals surface area contributed by atoms with Crippen LogP contribution in [0.1, 0.15) is 47.5 Å². The van der Waals surface area contributed by atoms with Crippen molar-refractivity contribution in [1.29, 1.82) is 0 Å². The average Bonchev–Trinajstić information content (AvgIpc) is 2.34. The standard InChI is InChI=1S/C18H48O9Si5/c1-14-15-16-32(24-17(2,3)22-28(6,7)19,25-18(4,5)23-29(8,9)20)27-31(12,13)26-30(10,11)21/h19-21H,14-16H2,1-13H3. The Kier molecular flexibility index (Phi) is 11.4. The molecule has 0 aliphatic rings. The highest BCUT2D eigenvalue weighted by molar-refractivity contribution is 6.83. The van der Waals surface area contributed by atoms with Crippen LogP contribution in [0.15, 0.2) is 0 Å². The minimum absolute atomic E-state index is 0.455. The Morgan fingerprint density at radius 1 is 0.594 bits per heavy atom. The van der Waals surface area contributed by atoms with Gasteiger partial charge in [0.1, 0.15) is 11.6 Å². The Balaban J connectivity index is 6.34. The van der Waals surface area contributed by atoms with Crippen molar-refractivity contribution in [2.45, 2.75) is 117 Å². The van der Waals surface area contributed by atoms with Crippen LogP contribution in [0.4, 0.5) is 0 Å². The van der Waals surface area contributed by atoms with Gasteiger partial charge in [0.05, 0.1) is 0 Å². The van der Waals surface area contributed by atoms with E-state index in [1.807, 2.05) is 13.1 Å². The van der Waals surface area contributed by atoms with E-state index in [1.165, 1.54) is 0 Å². The van der Waals surface area contributed by atoms with E-state index in [1.54, 1.807) is 67.0 Å². The van der Waals surface area contributed by atoms with E-state index in [-0.39, 0.29) is 0 Å². The largest absolute Gasteiger partial charge is 0.496 e. The first-order chi connectivity index (χ1) is 13.8. The fourth-order valence-corrected chi connectivity index (χ4v) is 18.0. The molecule has 0 heterocycles. The molecule has 0 aromatic rings. The minimum Gasteiger partial charge on any atom is -0.415 e. The van der Waals surface area contributed by atoms with Crippen LogP contribution in [0.5, 0.6) is 0 Å². The number of hydrogen-bond donors (Lipinski definition) is 3. The predicted molar refractivity (Wildman–Crippen MR) is 137 cm³/mol. The van der Waals surface area contributed by atoms with E-state index in [0.29, 0.717) is 6.04 Å². The molecule has 0 radical (unpaired) electrons. The van der Waals surface area contributed by atoms with Crippen molar-refractivity contribution < 1.29 is 40.3 Å². The van der Waals surface area contributed by atoms with Crippen molar-refractivity contribution in [3.8, 4) is 0 Å². The van der Waals surface area contributed by atoms with Crippen LogP contribution in [0, 0.1) is 0 Å². The lowest BCUT2D eigenvalue weighted by Gasteiger charge is -2.46. The quantitative estimate of drug-likeness (QED) is 0.205. The zero-order valence-electron chi connectivity index (χ0n) is 22.4. The molecule has 14 heteroatoms. The van der Waals surface area contributed by atoms with Crippen LogP contribution in [0.2, 0.25) is 58.4 Å². The lowest BCUT2D eigenvalue weighted by atomic mass is 10.4. The highest BCUT2D eigenvalue weighted by atomic mass is 28.5. The summed E-state index contributed by atoms with van der Waals surface area (Å²) in [7, 11) is -15.3. The van der Waals surface area contributed by atoms with Gasteiger partial charge in [-0.2, -0.15) is 0 Å². The smallest absolute Gasteiger partial charge is 0.415 e. The Morgan fingerprint density at radius 3 is 1.25 bits per heavy atom. The second-order valence-electron chi connectivity index (χ2n) is 10.9. The first-order valence-corrected chi connectivity index (χ1v) is 24.5. The predicted octanol–water partition coefficient (Wildman–Crippen LogP) is 4.08. The summed E-state index contributed by atoms with van der Waals surface area (Å²) < 4.78 is 37.4. The molecule has 0 amide bonds. The molecule has 9 nitrogen and oxygen atoms in total. The number of hydrogen-bond acceptors (Lipinski definition) is 9. The topological polar surface area (TPSA) is 116 Å². The summed E-state index contributed by atoms with van der Waals surface area (Å²) in [6, 6.07) is 0.455. The van der Waals surface area contributed by atoms with Crippen LogP contribution in [0.25, 0.3) is 0 Å². The van der Waals surface area contributed by atoms with Crippen LogP contribution in [-0.2, 0) is 25.9 Å². The molecule has 0 rings (SSSR count). The van der Waals surface area contributed by atoms with Gasteiger partial charge in [-0.05, 0) is 86.5 Å².